The Morgan fingerprint density at radius 1 is 1.10 bits per heavy atom. The highest BCUT2D eigenvalue weighted by atomic mass is 19.4. The molecule has 3 rings (SSSR count). The maximum Gasteiger partial charge on any atom is 0.416 e. The van der Waals surface area contributed by atoms with E-state index in [1.165, 1.54) is 18.5 Å². The number of benzene rings is 1. The number of halogens is 3. The Morgan fingerprint density at radius 3 is 2.55 bits per heavy atom. The average Bonchev–Trinajstić information content (AvgIpc) is 2.80. The molecule has 0 fully saturated rings. The highest BCUT2D eigenvalue weighted by Crippen LogP contribution is 2.31. The first-order valence-corrected chi connectivity index (χ1v) is 5.59. The molecule has 5 nitrogen and oxygen atoms in total. The molecule has 0 unspecified atom stereocenters. The molecule has 8 heteroatoms. The predicted octanol–water partition coefficient (Wildman–Crippen LogP) is 2.62. The summed E-state index contributed by atoms with van der Waals surface area (Å²) in [5, 5.41) is 0. The topological polar surface area (TPSA) is 80.5 Å². The molecular weight excluding hydrogens is 271 g/mol. The Morgan fingerprint density at radius 2 is 1.85 bits per heavy atom. The largest absolute Gasteiger partial charge is 0.416 e. The van der Waals surface area contributed by atoms with Crippen molar-refractivity contribution < 1.29 is 13.2 Å². The normalized spacial score (nSPS) is 11.9. The van der Waals surface area contributed by atoms with Gasteiger partial charge in [-0.05, 0) is 18.2 Å². The number of anilines is 1. The van der Waals surface area contributed by atoms with Gasteiger partial charge in [0.25, 0.3) is 0 Å². The number of hydrogen-bond donors (Lipinski definition) is 2. The number of H-pyrrole nitrogens is 1. The monoisotopic (exact) mass is 279 g/mol. The lowest BCUT2D eigenvalue weighted by molar-refractivity contribution is -0.137. The molecule has 0 radical (unpaired) electrons. The molecule has 20 heavy (non-hydrogen) atoms. The van der Waals surface area contributed by atoms with E-state index in [1.807, 2.05) is 0 Å². The molecule has 0 bridgehead atoms. The zero-order valence-corrected chi connectivity index (χ0v) is 9.94. The molecule has 1 aromatic carbocycles. The van der Waals surface area contributed by atoms with Crippen LogP contribution in [0.1, 0.15) is 5.56 Å². The van der Waals surface area contributed by atoms with Crippen LogP contribution in [0.2, 0.25) is 0 Å². The summed E-state index contributed by atoms with van der Waals surface area (Å²) in [6, 6.07) is 3.27. The van der Waals surface area contributed by atoms with E-state index < -0.39 is 11.7 Å². The Bertz CT molecular complexity index is 778. The van der Waals surface area contributed by atoms with Crippen molar-refractivity contribution in [2.75, 3.05) is 5.73 Å². The summed E-state index contributed by atoms with van der Waals surface area (Å²) in [6.07, 6.45) is -1.55. The number of nitrogens with two attached hydrogens (primary N) is 1. The fraction of sp³-hybridized carbons (Fsp3) is 0.0833. The number of imidazole rings is 1. The van der Waals surface area contributed by atoms with Crippen molar-refractivity contribution in [3.8, 4) is 11.5 Å². The lowest BCUT2D eigenvalue weighted by Gasteiger charge is -2.05. The summed E-state index contributed by atoms with van der Waals surface area (Å²) in [6.45, 7) is 0. The van der Waals surface area contributed by atoms with Crippen LogP contribution in [0.3, 0.4) is 0 Å². The maximum absolute atomic E-state index is 12.6. The van der Waals surface area contributed by atoms with Crippen molar-refractivity contribution >= 4 is 16.9 Å². The van der Waals surface area contributed by atoms with Gasteiger partial charge in [0.05, 0.1) is 16.6 Å². The molecule has 0 aliphatic carbocycles. The van der Waals surface area contributed by atoms with Gasteiger partial charge in [0.2, 0.25) is 0 Å². The first-order chi connectivity index (χ1) is 9.45. The van der Waals surface area contributed by atoms with Crippen LogP contribution in [-0.2, 0) is 6.18 Å². The van der Waals surface area contributed by atoms with Crippen LogP contribution in [0.25, 0.3) is 22.6 Å². The van der Waals surface area contributed by atoms with Crippen LogP contribution in [0.4, 0.5) is 19.0 Å². The van der Waals surface area contributed by atoms with E-state index >= 15 is 0 Å². The number of aromatic nitrogens is 4. The van der Waals surface area contributed by atoms with E-state index in [2.05, 4.69) is 19.9 Å². The molecule has 0 aliphatic rings. The standard InChI is InChI=1S/C12H8F3N5/c13-12(14,15)6-1-2-7-8(5-6)20-11(19-7)9-10(16)18-4-3-17-9/h1-5H,(H2,16,18)(H,19,20). The van der Waals surface area contributed by atoms with Crippen LogP contribution in [0, 0.1) is 0 Å². The van der Waals surface area contributed by atoms with Gasteiger partial charge in [-0.15, -0.1) is 0 Å². The van der Waals surface area contributed by atoms with E-state index in [9.17, 15) is 13.2 Å². The first-order valence-electron chi connectivity index (χ1n) is 5.59. The van der Waals surface area contributed by atoms with Crippen LogP contribution in [0.15, 0.2) is 30.6 Å². The number of rotatable bonds is 1. The third-order valence-electron chi connectivity index (χ3n) is 2.76. The average molecular weight is 279 g/mol. The maximum atomic E-state index is 12.6. The predicted molar refractivity (Wildman–Crippen MR) is 66.5 cm³/mol. The van der Waals surface area contributed by atoms with Crippen LogP contribution in [-0.4, -0.2) is 19.9 Å². The third-order valence-corrected chi connectivity index (χ3v) is 2.76. The van der Waals surface area contributed by atoms with Gasteiger partial charge in [-0.25, -0.2) is 15.0 Å². The number of hydrogen-bond acceptors (Lipinski definition) is 4. The molecule has 3 aromatic rings. The Kier molecular flexibility index (Phi) is 2.60. The van der Waals surface area contributed by atoms with Crippen molar-refractivity contribution in [2.24, 2.45) is 0 Å². The second-order valence-electron chi connectivity index (χ2n) is 4.11. The molecule has 0 amide bonds. The van der Waals surface area contributed by atoms with Gasteiger partial charge in [0, 0.05) is 12.4 Å². The minimum absolute atomic E-state index is 0.155. The van der Waals surface area contributed by atoms with Gasteiger partial charge < -0.3 is 10.7 Å². The number of aromatic amines is 1. The summed E-state index contributed by atoms with van der Waals surface area (Å²) < 4.78 is 37.9. The lowest BCUT2D eigenvalue weighted by atomic mass is 10.2. The molecule has 0 spiro atoms. The van der Waals surface area contributed by atoms with Gasteiger partial charge in [0.1, 0.15) is 5.69 Å². The molecule has 3 N–H and O–H groups in total. The molecular formula is C12H8F3N5. The van der Waals surface area contributed by atoms with Gasteiger partial charge in [0.15, 0.2) is 11.6 Å². The molecule has 2 aromatic heterocycles. The van der Waals surface area contributed by atoms with Gasteiger partial charge in [-0.2, -0.15) is 13.2 Å². The number of fused-ring (bicyclic) bond motifs is 1. The summed E-state index contributed by atoms with van der Waals surface area (Å²) in [5.41, 5.74) is 5.88. The van der Waals surface area contributed by atoms with Gasteiger partial charge in [-0.3, -0.25) is 0 Å². The molecule has 0 saturated carbocycles. The van der Waals surface area contributed by atoms with E-state index in [4.69, 9.17) is 5.73 Å². The zero-order chi connectivity index (χ0) is 14.3. The fourth-order valence-electron chi connectivity index (χ4n) is 1.83. The lowest BCUT2D eigenvalue weighted by Crippen LogP contribution is -2.04. The second-order valence-corrected chi connectivity index (χ2v) is 4.11. The minimum Gasteiger partial charge on any atom is -0.382 e. The Hall–Kier alpha value is -2.64. The van der Waals surface area contributed by atoms with Gasteiger partial charge in [-0.1, -0.05) is 0 Å². The van der Waals surface area contributed by atoms with Crippen molar-refractivity contribution in [3.63, 3.8) is 0 Å². The summed E-state index contributed by atoms with van der Waals surface area (Å²) in [5.74, 6) is 0.438. The molecule has 0 saturated heterocycles. The summed E-state index contributed by atoms with van der Waals surface area (Å²) >= 11 is 0. The number of nitrogens with zero attached hydrogens (tertiary/aromatic N) is 3. The highest BCUT2D eigenvalue weighted by Gasteiger charge is 2.30. The van der Waals surface area contributed by atoms with Crippen molar-refractivity contribution in [2.45, 2.75) is 6.18 Å². The van der Waals surface area contributed by atoms with Crippen LogP contribution in [0.5, 0.6) is 0 Å². The Balaban J connectivity index is 2.14. The smallest absolute Gasteiger partial charge is 0.382 e. The quantitative estimate of drug-likeness (QED) is 0.717. The molecule has 2 heterocycles. The number of alkyl halides is 3. The zero-order valence-electron chi connectivity index (χ0n) is 9.94. The Labute approximate surface area is 110 Å². The van der Waals surface area contributed by atoms with E-state index in [1.54, 1.807) is 0 Å². The highest BCUT2D eigenvalue weighted by molar-refractivity contribution is 5.81. The van der Waals surface area contributed by atoms with Crippen LogP contribution >= 0.6 is 0 Å². The second kappa shape index (κ2) is 4.19. The molecule has 102 valence electrons. The SMILES string of the molecule is Nc1nccnc1-c1nc2ccc(C(F)(F)F)cc2[nH]1. The van der Waals surface area contributed by atoms with Crippen molar-refractivity contribution in [1.82, 2.24) is 19.9 Å². The number of nitrogen functional groups attached to an aromatic ring is 1. The third kappa shape index (κ3) is 2.04. The summed E-state index contributed by atoms with van der Waals surface area (Å²) in [7, 11) is 0. The first kappa shape index (κ1) is 12.4. The van der Waals surface area contributed by atoms with E-state index in [0.717, 1.165) is 12.1 Å². The van der Waals surface area contributed by atoms with Crippen molar-refractivity contribution in [1.29, 1.82) is 0 Å². The summed E-state index contributed by atoms with van der Waals surface area (Å²) in [4.78, 5) is 14.8. The minimum atomic E-state index is -4.40. The molecule has 0 atom stereocenters. The molecule has 0 aliphatic heterocycles. The fourth-order valence-corrected chi connectivity index (χ4v) is 1.83. The van der Waals surface area contributed by atoms with E-state index in [-0.39, 0.29) is 17.2 Å². The van der Waals surface area contributed by atoms with Crippen LogP contribution < -0.4 is 5.73 Å². The number of nitrogens with one attached hydrogen (secondary N) is 1. The van der Waals surface area contributed by atoms with E-state index in [0.29, 0.717) is 11.2 Å². The van der Waals surface area contributed by atoms with Crippen molar-refractivity contribution in [3.05, 3.63) is 36.2 Å². The van der Waals surface area contributed by atoms with Gasteiger partial charge >= 0.3 is 6.18 Å².